The smallest absolute Gasteiger partial charge is 0.332 e. The highest BCUT2D eigenvalue weighted by Gasteiger charge is 2.09. The lowest BCUT2D eigenvalue weighted by Crippen LogP contribution is -2.08. The maximum atomic E-state index is 11.0. The van der Waals surface area contributed by atoms with Gasteiger partial charge in [0.05, 0.1) is 0 Å². The molecule has 0 spiro atoms. The van der Waals surface area contributed by atoms with E-state index in [2.05, 4.69) is 0 Å². The average Bonchev–Trinajstić information content (AvgIpc) is 2.19. The Labute approximate surface area is 82.6 Å². The first-order valence-electron chi connectivity index (χ1n) is 4.30. The Bertz CT molecular complexity index is 317. The molecule has 0 aliphatic carbocycles. The van der Waals surface area contributed by atoms with Crippen molar-refractivity contribution in [3.8, 4) is 0 Å². The van der Waals surface area contributed by atoms with E-state index in [0.29, 0.717) is 5.56 Å². The van der Waals surface area contributed by atoms with Gasteiger partial charge in [-0.2, -0.15) is 0 Å². The van der Waals surface area contributed by atoms with Gasteiger partial charge in [-0.05, 0) is 6.92 Å². The maximum Gasteiger partial charge on any atom is 0.332 e. The second kappa shape index (κ2) is 5.19. The molecular formula is C11H12O3. The van der Waals surface area contributed by atoms with Crippen LogP contribution in [0.5, 0.6) is 0 Å². The van der Waals surface area contributed by atoms with Crippen LogP contribution in [0.25, 0.3) is 0 Å². The zero-order valence-corrected chi connectivity index (χ0v) is 7.88. The summed E-state index contributed by atoms with van der Waals surface area (Å²) in [5.74, 6) is -0.552. The van der Waals surface area contributed by atoms with E-state index < -0.39 is 12.3 Å². The molecule has 3 heteroatoms. The lowest BCUT2D eigenvalue weighted by molar-refractivity contribution is -0.162. The summed E-state index contributed by atoms with van der Waals surface area (Å²) in [5, 5.41) is 9.44. The highest BCUT2D eigenvalue weighted by molar-refractivity contribution is 5.81. The van der Waals surface area contributed by atoms with Crippen molar-refractivity contribution < 1.29 is 14.6 Å². The number of allylic oxidation sites excluding steroid dienone is 1. The number of esters is 1. The van der Waals surface area contributed by atoms with E-state index >= 15 is 0 Å². The first-order valence-corrected chi connectivity index (χ1v) is 4.30. The molecule has 74 valence electrons. The van der Waals surface area contributed by atoms with Crippen molar-refractivity contribution in [2.75, 3.05) is 0 Å². The summed E-state index contributed by atoms with van der Waals surface area (Å²) in [6.07, 6.45) is 1.62. The minimum absolute atomic E-state index is 0.552. The molecule has 1 atom stereocenters. The van der Waals surface area contributed by atoms with E-state index in [4.69, 9.17) is 4.74 Å². The molecule has 0 aliphatic heterocycles. The Morgan fingerprint density at radius 3 is 2.64 bits per heavy atom. The molecule has 0 fully saturated rings. The van der Waals surface area contributed by atoms with Crippen molar-refractivity contribution in [3.05, 3.63) is 48.0 Å². The van der Waals surface area contributed by atoms with Crippen molar-refractivity contribution in [3.63, 3.8) is 0 Å². The fraction of sp³-hybridized carbons (Fsp3) is 0.182. The molecule has 0 radical (unpaired) electrons. The molecule has 0 aromatic heterocycles. The van der Waals surface area contributed by atoms with Crippen molar-refractivity contribution in [1.29, 1.82) is 0 Å². The molecule has 1 aromatic carbocycles. The largest absolute Gasteiger partial charge is 0.428 e. The SMILES string of the molecule is CC=CC(=O)OC(O)c1ccccc1. The number of carbonyl (C=O) groups is 1. The fourth-order valence-electron chi connectivity index (χ4n) is 0.971. The molecule has 14 heavy (non-hydrogen) atoms. The van der Waals surface area contributed by atoms with Crippen LogP contribution in [0.1, 0.15) is 18.8 Å². The topological polar surface area (TPSA) is 46.5 Å². The van der Waals surface area contributed by atoms with Crippen LogP contribution in [-0.2, 0) is 9.53 Å². The Hall–Kier alpha value is -1.61. The predicted molar refractivity (Wildman–Crippen MR) is 52.3 cm³/mol. The molecule has 0 amide bonds. The molecule has 1 unspecified atom stereocenters. The second-order valence-electron chi connectivity index (χ2n) is 2.70. The fourth-order valence-corrected chi connectivity index (χ4v) is 0.971. The maximum absolute atomic E-state index is 11.0. The molecule has 3 nitrogen and oxygen atoms in total. The molecule has 0 saturated heterocycles. The van der Waals surface area contributed by atoms with Gasteiger partial charge in [-0.3, -0.25) is 0 Å². The number of carbonyl (C=O) groups excluding carboxylic acids is 1. The van der Waals surface area contributed by atoms with Crippen LogP contribution in [0.15, 0.2) is 42.5 Å². The average molecular weight is 192 g/mol. The lowest BCUT2D eigenvalue weighted by Gasteiger charge is -2.10. The zero-order chi connectivity index (χ0) is 10.4. The van der Waals surface area contributed by atoms with E-state index in [-0.39, 0.29) is 0 Å². The second-order valence-corrected chi connectivity index (χ2v) is 2.70. The summed E-state index contributed by atoms with van der Waals surface area (Å²) < 4.78 is 4.71. The van der Waals surface area contributed by atoms with Crippen LogP contribution in [0.3, 0.4) is 0 Å². The van der Waals surface area contributed by atoms with Crippen LogP contribution in [0, 0.1) is 0 Å². The molecule has 1 N–H and O–H groups in total. The number of hydrogen-bond acceptors (Lipinski definition) is 3. The molecule has 0 bridgehead atoms. The first-order chi connectivity index (χ1) is 6.74. The number of aliphatic hydroxyl groups is 1. The van der Waals surface area contributed by atoms with Crippen LogP contribution < -0.4 is 0 Å². The summed E-state index contributed by atoms with van der Waals surface area (Å²) in [5.41, 5.74) is 0.561. The van der Waals surface area contributed by atoms with Gasteiger partial charge in [-0.25, -0.2) is 4.79 Å². The minimum atomic E-state index is -1.19. The van der Waals surface area contributed by atoms with Gasteiger partial charge in [0, 0.05) is 11.6 Å². The highest BCUT2D eigenvalue weighted by atomic mass is 16.6. The van der Waals surface area contributed by atoms with Gasteiger partial charge in [0.15, 0.2) is 0 Å². The van der Waals surface area contributed by atoms with Crippen molar-refractivity contribution in [2.45, 2.75) is 13.2 Å². The van der Waals surface area contributed by atoms with E-state index in [9.17, 15) is 9.90 Å². The van der Waals surface area contributed by atoms with Gasteiger partial charge in [0.2, 0.25) is 6.29 Å². The van der Waals surface area contributed by atoms with E-state index in [1.165, 1.54) is 6.08 Å². The standard InChI is InChI=1S/C11H12O3/c1-2-6-10(12)14-11(13)9-7-4-3-5-8-9/h2-8,11,13H,1H3. The normalized spacial score (nSPS) is 12.7. The summed E-state index contributed by atoms with van der Waals surface area (Å²) in [4.78, 5) is 11.0. The highest BCUT2D eigenvalue weighted by Crippen LogP contribution is 2.13. The molecule has 0 heterocycles. The van der Waals surface area contributed by atoms with Gasteiger partial charge in [-0.15, -0.1) is 0 Å². The molecule has 1 rings (SSSR count). The van der Waals surface area contributed by atoms with Gasteiger partial charge in [-0.1, -0.05) is 36.4 Å². The molecule has 0 aliphatic rings. The summed E-state index contributed by atoms with van der Waals surface area (Å²) in [6, 6.07) is 8.73. The van der Waals surface area contributed by atoms with E-state index in [0.717, 1.165) is 0 Å². The Morgan fingerprint density at radius 2 is 2.07 bits per heavy atom. The van der Waals surface area contributed by atoms with Crippen LogP contribution in [0.4, 0.5) is 0 Å². The Balaban J connectivity index is 2.59. The quantitative estimate of drug-likeness (QED) is 0.451. The third-order valence-corrected chi connectivity index (χ3v) is 1.62. The van der Waals surface area contributed by atoms with Crippen LogP contribution >= 0.6 is 0 Å². The number of rotatable bonds is 3. The first kappa shape index (κ1) is 10.5. The Kier molecular flexibility index (Phi) is 3.88. The van der Waals surface area contributed by atoms with Crippen LogP contribution in [-0.4, -0.2) is 11.1 Å². The third-order valence-electron chi connectivity index (χ3n) is 1.62. The van der Waals surface area contributed by atoms with Crippen molar-refractivity contribution in [1.82, 2.24) is 0 Å². The van der Waals surface area contributed by atoms with E-state index in [1.807, 2.05) is 6.07 Å². The van der Waals surface area contributed by atoms with Crippen LogP contribution in [0.2, 0.25) is 0 Å². The van der Waals surface area contributed by atoms with Gasteiger partial charge in [0.1, 0.15) is 0 Å². The summed E-state index contributed by atoms with van der Waals surface area (Å²) >= 11 is 0. The van der Waals surface area contributed by atoms with Gasteiger partial charge < -0.3 is 9.84 Å². The van der Waals surface area contributed by atoms with Crippen molar-refractivity contribution >= 4 is 5.97 Å². The molecule has 1 aromatic rings. The van der Waals surface area contributed by atoms with Gasteiger partial charge >= 0.3 is 5.97 Å². The number of ether oxygens (including phenoxy) is 1. The predicted octanol–water partition coefficient (Wildman–Crippen LogP) is 1.80. The molecular weight excluding hydrogens is 180 g/mol. The number of aliphatic hydroxyl groups excluding tert-OH is 1. The van der Waals surface area contributed by atoms with Crippen molar-refractivity contribution in [2.24, 2.45) is 0 Å². The van der Waals surface area contributed by atoms with E-state index in [1.54, 1.807) is 37.3 Å². The lowest BCUT2D eigenvalue weighted by atomic mass is 10.2. The minimum Gasteiger partial charge on any atom is -0.428 e. The van der Waals surface area contributed by atoms with Gasteiger partial charge in [0.25, 0.3) is 0 Å². The molecule has 0 saturated carbocycles. The monoisotopic (exact) mass is 192 g/mol. The summed E-state index contributed by atoms with van der Waals surface area (Å²) in [7, 11) is 0. The third kappa shape index (κ3) is 3.03. The number of benzene rings is 1. The zero-order valence-electron chi connectivity index (χ0n) is 7.88. The summed E-state index contributed by atoms with van der Waals surface area (Å²) in [6.45, 7) is 1.70. The Morgan fingerprint density at radius 1 is 1.43 bits per heavy atom. The number of hydrogen-bond donors (Lipinski definition) is 1.